The lowest BCUT2D eigenvalue weighted by Crippen LogP contribution is -2.16. The SMILES string of the molecule is C=CCn1c(=NC(=O)c2ccc(-c3ccccc3)cc2)sc2cc(F)cc(F)c21. The Balaban J connectivity index is 1.75. The van der Waals surface area contributed by atoms with Gasteiger partial charge in [0.25, 0.3) is 5.91 Å². The third-order valence-corrected chi connectivity index (χ3v) is 5.47. The van der Waals surface area contributed by atoms with Gasteiger partial charge in [-0.05, 0) is 29.3 Å². The van der Waals surface area contributed by atoms with E-state index in [4.69, 9.17) is 0 Å². The first-order valence-corrected chi connectivity index (χ1v) is 9.72. The molecule has 4 rings (SSSR count). The Morgan fingerprint density at radius 3 is 2.41 bits per heavy atom. The Labute approximate surface area is 169 Å². The van der Waals surface area contributed by atoms with Gasteiger partial charge in [-0.2, -0.15) is 4.99 Å². The van der Waals surface area contributed by atoms with Crippen LogP contribution < -0.4 is 4.80 Å². The lowest BCUT2D eigenvalue weighted by Gasteiger charge is -2.03. The van der Waals surface area contributed by atoms with E-state index in [1.165, 1.54) is 10.6 Å². The van der Waals surface area contributed by atoms with Crippen molar-refractivity contribution >= 4 is 27.5 Å². The summed E-state index contributed by atoms with van der Waals surface area (Å²) in [6.45, 7) is 3.92. The van der Waals surface area contributed by atoms with Gasteiger partial charge in [0.2, 0.25) is 0 Å². The molecule has 1 heterocycles. The number of hydrogen-bond acceptors (Lipinski definition) is 2. The zero-order chi connectivity index (χ0) is 20.4. The summed E-state index contributed by atoms with van der Waals surface area (Å²) in [7, 11) is 0. The van der Waals surface area contributed by atoms with Gasteiger partial charge in [0.15, 0.2) is 10.6 Å². The monoisotopic (exact) mass is 406 g/mol. The minimum absolute atomic E-state index is 0.210. The summed E-state index contributed by atoms with van der Waals surface area (Å²) < 4.78 is 29.8. The number of nitrogens with zero attached hydrogens (tertiary/aromatic N) is 2. The van der Waals surface area contributed by atoms with Crippen LogP contribution in [0.3, 0.4) is 0 Å². The molecule has 0 saturated carbocycles. The fourth-order valence-electron chi connectivity index (χ4n) is 3.10. The predicted molar refractivity (Wildman–Crippen MR) is 112 cm³/mol. The van der Waals surface area contributed by atoms with E-state index < -0.39 is 17.5 Å². The van der Waals surface area contributed by atoms with Crippen molar-refractivity contribution in [3.8, 4) is 11.1 Å². The van der Waals surface area contributed by atoms with Crippen LogP contribution in [0.4, 0.5) is 8.78 Å². The van der Waals surface area contributed by atoms with E-state index in [9.17, 15) is 13.6 Å². The molecule has 0 aliphatic carbocycles. The van der Waals surface area contributed by atoms with Crippen LogP contribution in [0, 0.1) is 11.6 Å². The normalized spacial score (nSPS) is 11.7. The second-order valence-corrected chi connectivity index (χ2v) is 7.39. The molecular weight excluding hydrogens is 390 g/mol. The topological polar surface area (TPSA) is 34.4 Å². The van der Waals surface area contributed by atoms with Gasteiger partial charge in [0, 0.05) is 18.2 Å². The molecule has 0 atom stereocenters. The maximum absolute atomic E-state index is 14.3. The maximum Gasteiger partial charge on any atom is 0.279 e. The lowest BCUT2D eigenvalue weighted by molar-refractivity contribution is 0.0998. The molecule has 144 valence electrons. The Bertz CT molecular complexity index is 1270. The van der Waals surface area contributed by atoms with Crippen molar-refractivity contribution in [2.45, 2.75) is 6.54 Å². The second-order valence-electron chi connectivity index (χ2n) is 6.38. The molecule has 0 aliphatic rings. The summed E-state index contributed by atoms with van der Waals surface area (Å²) in [4.78, 5) is 17.1. The van der Waals surface area contributed by atoms with Crippen LogP contribution in [0.25, 0.3) is 21.3 Å². The van der Waals surface area contributed by atoms with Crippen LogP contribution in [0.2, 0.25) is 0 Å². The minimum Gasteiger partial charge on any atom is -0.310 e. The molecule has 0 fully saturated rings. The Morgan fingerprint density at radius 2 is 1.72 bits per heavy atom. The molecule has 6 heteroatoms. The van der Waals surface area contributed by atoms with Crippen LogP contribution in [0.15, 0.2) is 84.4 Å². The molecule has 1 amide bonds. The van der Waals surface area contributed by atoms with Gasteiger partial charge in [0.05, 0.1) is 10.2 Å². The van der Waals surface area contributed by atoms with Crippen molar-refractivity contribution in [3.05, 3.63) is 101 Å². The standard InChI is InChI=1S/C23H16F2N2OS/c1-2-12-27-21-19(25)13-18(24)14-20(21)29-23(27)26-22(28)17-10-8-16(9-11-17)15-6-4-3-5-7-15/h2-11,13-14H,1,12H2. The van der Waals surface area contributed by atoms with E-state index >= 15 is 0 Å². The number of hydrogen-bond donors (Lipinski definition) is 0. The number of fused-ring (bicyclic) bond motifs is 1. The smallest absolute Gasteiger partial charge is 0.279 e. The highest BCUT2D eigenvalue weighted by molar-refractivity contribution is 7.16. The predicted octanol–water partition coefficient (Wildman–Crippen LogP) is 5.58. The van der Waals surface area contributed by atoms with E-state index in [2.05, 4.69) is 11.6 Å². The molecule has 3 aromatic carbocycles. The van der Waals surface area contributed by atoms with Crippen molar-refractivity contribution in [2.75, 3.05) is 0 Å². The average molecular weight is 406 g/mol. The molecule has 3 nitrogen and oxygen atoms in total. The molecule has 4 aromatic rings. The van der Waals surface area contributed by atoms with Crippen molar-refractivity contribution in [2.24, 2.45) is 4.99 Å². The summed E-state index contributed by atoms with van der Waals surface area (Å²) >= 11 is 1.06. The van der Waals surface area contributed by atoms with Crippen molar-refractivity contribution in [3.63, 3.8) is 0 Å². The van der Waals surface area contributed by atoms with Crippen LogP contribution in [-0.4, -0.2) is 10.5 Å². The van der Waals surface area contributed by atoms with E-state index in [1.807, 2.05) is 42.5 Å². The van der Waals surface area contributed by atoms with Crippen molar-refractivity contribution in [1.29, 1.82) is 0 Å². The first-order chi connectivity index (χ1) is 14.1. The molecule has 29 heavy (non-hydrogen) atoms. The zero-order valence-electron chi connectivity index (χ0n) is 15.3. The number of halogens is 2. The molecule has 0 bridgehead atoms. The number of thiazole rings is 1. The molecule has 0 aliphatic heterocycles. The van der Waals surface area contributed by atoms with E-state index in [0.717, 1.165) is 28.5 Å². The van der Waals surface area contributed by atoms with E-state index in [0.29, 0.717) is 15.1 Å². The number of amides is 1. The minimum atomic E-state index is -0.695. The fraction of sp³-hybridized carbons (Fsp3) is 0.0435. The van der Waals surface area contributed by atoms with Gasteiger partial charge < -0.3 is 4.57 Å². The highest BCUT2D eigenvalue weighted by Gasteiger charge is 2.14. The number of carbonyl (C=O) groups excluding carboxylic acids is 1. The largest absolute Gasteiger partial charge is 0.310 e. The third-order valence-electron chi connectivity index (χ3n) is 4.44. The van der Waals surface area contributed by atoms with Gasteiger partial charge in [0.1, 0.15) is 5.82 Å². The highest BCUT2D eigenvalue weighted by atomic mass is 32.1. The van der Waals surface area contributed by atoms with Crippen LogP contribution in [-0.2, 0) is 6.54 Å². The number of rotatable bonds is 4. The Kier molecular flexibility index (Phi) is 5.18. The van der Waals surface area contributed by atoms with Crippen LogP contribution in [0.1, 0.15) is 10.4 Å². The number of carbonyl (C=O) groups is 1. The first kappa shape index (κ1) is 19.0. The number of allylic oxidation sites excluding steroid dienone is 1. The summed E-state index contributed by atoms with van der Waals surface area (Å²) in [5.41, 5.74) is 2.67. The van der Waals surface area contributed by atoms with Gasteiger partial charge in [-0.15, -0.1) is 6.58 Å². The van der Waals surface area contributed by atoms with Gasteiger partial charge in [-0.25, -0.2) is 8.78 Å². The lowest BCUT2D eigenvalue weighted by atomic mass is 10.0. The number of aromatic nitrogens is 1. The molecule has 0 unspecified atom stereocenters. The Morgan fingerprint density at radius 1 is 1.03 bits per heavy atom. The van der Waals surface area contributed by atoms with Crippen molar-refractivity contribution < 1.29 is 13.6 Å². The van der Waals surface area contributed by atoms with E-state index in [1.54, 1.807) is 18.2 Å². The van der Waals surface area contributed by atoms with Gasteiger partial charge >= 0.3 is 0 Å². The molecular formula is C23H16F2N2OS. The molecule has 0 saturated heterocycles. The van der Waals surface area contributed by atoms with Gasteiger partial charge in [-0.1, -0.05) is 59.9 Å². The van der Waals surface area contributed by atoms with Gasteiger partial charge in [-0.3, -0.25) is 4.79 Å². The Hall–Kier alpha value is -3.38. The molecule has 0 radical (unpaired) electrons. The fourth-order valence-corrected chi connectivity index (χ4v) is 4.18. The summed E-state index contributed by atoms with van der Waals surface area (Å²) in [5.74, 6) is -1.81. The average Bonchev–Trinajstić information content (AvgIpc) is 3.06. The molecule has 0 spiro atoms. The van der Waals surface area contributed by atoms with E-state index in [-0.39, 0.29) is 12.1 Å². The summed E-state index contributed by atoms with van der Waals surface area (Å²) in [6.07, 6.45) is 1.58. The van der Waals surface area contributed by atoms with Crippen LogP contribution >= 0.6 is 11.3 Å². The van der Waals surface area contributed by atoms with Crippen LogP contribution in [0.5, 0.6) is 0 Å². The molecule has 0 N–H and O–H groups in total. The second kappa shape index (κ2) is 7.93. The summed E-state index contributed by atoms with van der Waals surface area (Å²) in [6, 6.07) is 19.0. The maximum atomic E-state index is 14.3. The van der Waals surface area contributed by atoms with Crippen molar-refractivity contribution in [1.82, 2.24) is 4.57 Å². The zero-order valence-corrected chi connectivity index (χ0v) is 16.1. The third kappa shape index (κ3) is 3.79. The summed E-state index contributed by atoms with van der Waals surface area (Å²) in [5, 5.41) is 0. The first-order valence-electron chi connectivity index (χ1n) is 8.90. The molecule has 1 aromatic heterocycles. The quantitative estimate of drug-likeness (QED) is 0.408. The number of benzene rings is 3. The highest BCUT2D eigenvalue weighted by Crippen LogP contribution is 2.23.